The molecule has 7 nitrogen and oxygen atoms in total. The van der Waals surface area contributed by atoms with E-state index in [0.717, 1.165) is 11.4 Å². The summed E-state index contributed by atoms with van der Waals surface area (Å²) in [5.74, 6) is 0.554. The number of aromatic nitrogens is 2. The molecule has 1 fully saturated rings. The lowest BCUT2D eigenvalue weighted by Gasteiger charge is -2.34. The number of hydrogen-bond donors (Lipinski definition) is 1. The average molecular weight is 366 g/mol. The Morgan fingerprint density at radius 2 is 1.67 bits per heavy atom. The number of rotatable bonds is 2. The van der Waals surface area contributed by atoms with Crippen LogP contribution in [0.15, 0.2) is 28.7 Å². The van der Waals surface area contributed by atoms with Gasteiger partial charge in [-0.05, 0) is 38.1 Å². The number of aryl methyl sites for hydroxylation is 3. The fraction of sp³-hybridized carbons (Fsp3) is 0.350. The molecule has 1 aliphatic rings. The molecule has 2 aromatic heterocycles. The molecule has 1 aromatic carbocycles. The minimum atomic E-state index is -0.0432. The van der Waals surface area contributed by atoms with Gasteiger partial charge in [-0.1, -0.05) is 0 Å². The molecule has 0 saturated carbocycles. The molecular weight excluding hydrogens is 344 g/mol. The number of benzene rings is 1. The number of piperazine rings is 1. The zero-order valence-corrected chi connectivity index (χ0v) is 15.7. The maximum absolute atomic E-state index is 12.8. The highest BCUT2D eigenvalue weighted by Crippen LogP contribution is 2.19. The molecule has 0 unspecified atom stereocenters. The summed E-state index contributed by atoms with van der Waals surface area (Å²) in [5, 5.41) is 0. The topological polar surface area (TPSA) is 82.4 Å². The quantitative estimate of drug-likeness (QED) is 0.756. The first-order valence-electron chi connectivity index (χ1n) is 9.04. The third-order valence-electron chi connectivity index (χ3n) is 4.98. The Morgan fingerprint density at radius 3 is 2.30 bits per heavy atom. The fourth-order valence-electron chi connectivity index (χ4n) is 3.59. The molecule has 1 saturated heterocycles. The number of nitrogens with one attached hydrogen (secondary N) is 1. The van der Waals surface area contributed by atoms with E-state index in [2.05, 4.69) is 9.97 Å². The second-order valence-electron chi connectivity index (χ2n) is 6.99. The summed E-state index contributed by atoms with van der Waals surface area (Å²) in [5.41, 5.74) is 4.52. The van der Waals surface area contributed by atoms with E-state index in [1.165, 1.54) is 0 Å². The number of hydrogen-bond acceptors (Lipinski definition) is 4. The van der Waals surface area contributed by atoms with Crippen LogP contribution in [-0.2, 0) is 0 Å². The number of carbonyl (C=O) groups is 2. The van der Waals surface area contributed by atoms with Gasteiger partial charge < -0.3 is 19.2 Å². The lowest BCUT2D eigenvalue weighted by atomic mass is 10.1. The zero-order chi connectivity index (χ0) is 19.1. The first-order chi connectivity index (χ1) is 12.9. The first-order valence-corrected chi connectivity index (χ1v) is 9.04. The zero-order valence-electron chi connectivity index (χ0n) is 15.7. The van der Waals surface area contributed by atoms with Crippen molar-refractivity contribution in [2.45, 2.75) is 20.8 Å². The Morgan fingerprint density at radius 1 is 1.00 bits per heavy atom. The lowest BCUT2D eigenvalue weighted by Crippen LogP contribution is -2.50. The van der Waals surface area contributed by atoms with Crippen molar-refractivity contribution in [3.8, 4) is 0 Å². The predicted octanol–water partition coefficient (Wildman–Crippen LogP) is 2.68. The SMILES string of the molecule is Cc1cc(C(=O)N2CCN(C(=O)c3ccc4oc(C)nc4c3)CC2)c(C)[nH]1. The molecule has 1 aliphatic heterocycles. The molecule has 0 spiro atoms. The number of oxazole rings is 1. The Labute approximate surface area is 157 Å². The number of fused-ring (bicyclic) bond motifs is 1. The van der Waals surface area contributed by atoms with Crippen molar-refractivity contribution in [2.75, 3.05) is 26.2 Å². The van der Waals surface area contributed by atoms with Gasteiger partial charge >= 0.3 is 0 Å². The highest BCUT2D eigenvalue weighted by molar-refractivity contribution is 5.98. The molecule has 0 bridgehead atoms. The van der Waals surface area contributed by atoms with E-state index in [1.807, 2.05) is 24.8 Å². The Bertz CT molecular complexity index is 1030. The van der Waals surface area contributed by atoms with Crippen molar-refractivity contribution in [1.29, 1.82) is 0 Å². The van der Waals surface area contributed by atoms with Crippen LogP contribution >= 0.6 is 0 Å². The highest BCUT2D eigenvalue weighted by Gasteiger charge is 2.27. The number of nitrogens with zero attached hydrogens (tertiary/aromatic N) is 3. The van der Waals surface area contributed by atoms with Gasteiger partial charge in [0.25, 0.3) is 11.8 Å². The summed E-state index contributed by atoms with van der Waals surface area (Å²) >= 11 is 0. The van der Waals surface area contributed by atoms with E-state index < -0.39 is 0 Å². The molecule has 4 rings (SSSR count). The monoisotopic (exact) mass is 366 g/mol. The van der Waals surface area contributed by atoms with Gasteiger partial charge in [-0.25, -0.2) is 4.98 Å². The van der Waals surface area contributed by atoms with E-state index in [4.69, 9.17) is 4.42 Å². The van der Waals surface area contributed by atoms with Crippen LogP contribution in [0.3, 0.4) is 0 Å². The van der Waals surface area contributed by atoms with Crippen LogP contribution in [0.2, 0.25) is 0 Å². The van der Waals surface area contributed by atoms with E-state index in [0.29, 0.717) is 54.3 Å². The summed E-state index contributed by atoms with van der Waals surface area (Å²) in [4.78, 5) is 36.6. The van der Waals surface area contributed by atoms with Crippen molar-refractivity contribution < 1.29 is 14.0 Å². The number of amides is 2. The number of carbonyl (C=O) groups excluding carboxylic acids is 2. The maximum Gasteiger partial charge on any atom is 0.255 e. The third-order valence-corrected chi connectivity index (χ3v) is 4.98. The Kier molecular flexibility index (Phi) is 4.22. The molecule has 2 amide bonds. The van der Waals surface area contributed by atoms with Gasteiger partial charge in [-0.3, -0.25) is 9.59 Å². The van der Waals surface area contributed by atoms with Crippen LogP contribution in [0.1, 0.15) is 38.0 Å². The van der Waals surface area contributed by atoms with Gasteiger partial charge in [0, 0.05) is 50.1 Å². The summed E-state index contributed by atoms with van der Waals surface area (Å²) in [6.07, 6.45) is 0. The average Bonchev–Trinajstić information content (AvgIpc) is 3.20. The molecule has 3 heterocycles. The largest absolute Gasteiger partial charge is 0.441 e. The summed E-state index contributed by atoms with van der Waals surface area (Å²) in [6.45, 7) is 7.71. The molecule has 1 N–H and O–H groups in total. The van der Waals surface area contributed by atoms with Crippen molar-refractivity contribution >= 4 is 22.9 Å². The molecule has 7 heteroatoms. The van der Waals surface area contributed by atoms with Crippen LogP contribution < -0.4 is 0 Å². The molecule has 0 atom stereocenters. The van der Waals surface area contributed by atoms with Gasteiger partial charge in [0.1, 0.15) is 5.52 Å². The molecule has 27 heavy (non-hydrogen) atoms. The summed E-state index contributed by atoms with van der Waals surface area (Å²) in [6, 6.07) is 7.18. The standard InChI is InChI=1S/C20H22N4O3/c1-12-10-16(13(2)21-12)20(26)24-8-6-23(7-9-24)19(25)15-4-5-18-17(11-15)22-14(3)27-18/h4-5,10-11,21H,6-9H2,1-3H3. The molecule has 140 valence electrons. The normalized spacial score (nSPS) is 14.8. The van der Waals surface area contributed by atoms with Crippen molar-refractivity contribution in [3.63, 3.8) is 0 Å². The molecule has 0 radical (unpaired) electrons. The maximum atomic E-state index is 12.8. The molecule has 0 aliphatic carbocycles. The number of H-pyrrole nitrogens is 1. The van der Waals surface area contributed by atoms with E-state index >= 15 is 0 Å². The highest BCUT2D eigenvalue weighted by atomic mass is 16.3. The minimum Gasteiger partial charge on any atom is -0.441 e. The summed E-state index contributed by atoms with van der Waals surface area (Å²) < 4.78 is 5.46. The van der Waals surface area contributed by atoms with Crippen molar-refractivity contribution in [1.82, 2.24) is 19.8 Å². The van der Waals surface area contributed by atoms with Crippen LogP contribution in [0.4, 0.5) is 0 Å². The predicted molar refractivity (Wildman–Crippen MR) is 101 cm³/mol. The van der Waals surface area contributed by atoms with Gasteiger partial charge in [0.15, 0.2) is 11.5 Å². The Balaban J connectivity index is 1.44. The Hall–Kier alpha value is -3.09. The third kappa shape index (κ3) is 3.20. The fourth-order valence-corrected chi connectivity index (χ4v) is 3.59. The van der Waals surface area contributed by atoms with Crippen molar-refractivity contribution in [2.24, 2.45) is 0 Å². The number of aromatic amines is 1. The smallest absolute Gasteiger partial charge is 0.255 e. The van der Waals surface area contributed by atoms with Gasteiger partial charge in [0.05, 0.1) is 5.56 Å². The van der Waals surface area contributed by atoms with E-state index in [-0.39, 0.29) is 11.8 Å². The minimum absolute atomic E-state index is 0.0171. The van der Waals surface area contributed by atoms with E-state index in [1.54, 1.807) is 30.0 Å². The second-order valence-corrected chi connectivity index (χ2v) is 6.99. The lowest BCUT2D eigenvalue weighted by molar-refractivity contribution is 0.0535. The first kappa shape index (κ1) is 17.3. The van der Waals surface area contributed by atoms with Gasteiger partial charge in [0.2, 0.25) is 0 Å². The van der Waals surface area contributed by atoms with E-state index in [9.17, 15) is 9.59 Å². The molecule has 3 aromatic rings. The van der Waals surface area contributed by atoms with Gasteiger partial charge in [-0.15, -0.1) is 0 Å². The van der Waals surface area contributed by atoms with Crippen LogP contribution in [0, 0.1) is 20.8 Å². The summed E-state index contributed by atoms with van der Waals surface area (Å²) in [7, 11) is 0. The van der Waals surface area contributed by atoms with Gasteiger partial charge in [-0.2, -0.15) is 0 Å². The van der Waals surface area contributed by atoms with Crippen molar-refractivity contribution in [3.05, 3.63) is 52.7 Å². The van der Waals surface area contributed by atoms with Crippen LogP contribution in [0.25, 0.3) is 11.1 Å². The van der Waals surface area contributed by atoms with Crippen LogP contribution in [0.5, 0.6) is 0 Å². The second kappa shape index (κ2) is 6.57. The molecular formula is C20H22N4O3. The van der Waals surface area contributed by atoms with Crippen LogP contribution in [-0.4, -0.2) is 57.8 Å².